The lowest BCUT2D eigenvalue weighted by molar-refractivity contribution is 0.311. The topological polar surface area (TPSA) is 0 Å². The van der Waals surface area contributed by atoms with Crippen molar-refractivity contribution in [3.05, 3.63) is 0 Å². The molecule has 0 saturated heterocycles. The molecule has 0 aliphatic heterocycles. The summed E-state index contributed by atoms with van der Waals surface area (Å²) in [6.45, 7) is 11.6. The maximum atomic E-state index is 3.61. The largest absolute Gasteiger partial charge is 0.0925 e. The van der Waals surface area contributed by atoms with Gasteiger partial charge in [0.25, 0.3) is 0 Å². The third-order valence-electron chi connectivity index (χ3n) is 2.33. The van der Waals surface area contributed by atoms with E-state index in [-0.39, 0.29) is 0 Å². The quantitative estimate of drug-likeness (QED) is 0.610. The number of hydrogen-bond acceptors (Lipinski definition) is 0. The highest BCUT2D eigenvalue weighted by atomic mass is 79.9. The van der Waals surface area contributed by atoms with Gasteiger partial charge in [-0.1, -0.05) is 50.5 Å². The molecule has 0 radical (unpaired) electrons. The highest BCUT2D eigenvalue weighted by Crippen LogP contribution is 2.27. The predicted molar refractivity (Wildman–Crippen MR) is 65.4 cm³/mol. The van der Waals surface area contributed by atoms with Gasteiger partial charge >= 0.3 is 0 Å². The summed E-state index contributed by atoms with van der Waals surface area (Å²) in [7, 11) is 0. The summed E-state index contributed by atoms with van der Waals surface area (Å²) >= 11 is 3.61. The fourth-order valence-electron chi connectivity index (χ4n) is 1.56. The van der Waals surface area contributed by atoms with E-state index in [1.807, 2.05) is 0 Å². The molecular weight excluding hydrogens is 224 g/mol. The molecule has 0 spiro atoms. The Bertz CT molecular complexity index is 122. The second kappa shape index (κ2) is 6.06. The second-order valence-corrected chi connectivity index (χ2v) is 6.40. The first-order valence-electron chi connectivity index (χ1n) is 5.41. The third kappa shape index (κ3) is 8.80. The van der Waals surface area contributed by atoms with Gasteiger partial charge in [0.2, 0.25) is 0 Å². The van der Waals surface area contributed by atoms with E-state index >= 15 is 0 Å². The first-order chi connectivity index (χ1) is 5.85. The fourth-order valence-corrected chi connectivity index (χ4v) is 2.15. The summed E-state index contributed by atoms with van der Waals surface area (Å²) in [5.74, 6) is 1.71. The van der Waals surface area contributed by atoms with Crippen LogP contribution in [0.5, 0.6) is 0 Å². The van der Waals surface area contributed by atoms with E-state index in [0.717, 1.165) is 11.8 Å². The van der Waals surface area contributed by atoms with Crippen LogP contribution in [0.1, 0.15) is 53.9 Å². The van der Waals surface area contributed by atoms with Crippen LogP contribution < -0.4 is 0 Å². The summed E-state index contributed by atoms with van der Waals surface area (Å²) < 4.78 is 0. The number of hydrogen-bond donors (Lipinski definition) is 0. The molecule has 0 heterocycles. The van der Waals surface area contributed by atoms with Crippen LogP contribution in [0.4, 0.5) is 0 Å². The Labute approximate surface area is 92.6 Å². The lowest BCUT2D eigenvalue weighted by Gasteiger charge is -2.23. The van der Waals surface area contributed by atoms with Crippen LogP contribution in [-0.2, 0) is 0 Å². The fraction of sp³-hybridized carbons (Fsp3) is 1.00. The molecule has 0 aliphatic rings. The summed E-state index contributed by atoms with van der Waals surface area (Å²) in [4.78, 5) is 0. The molecule has 0 saturated carbocycles. The van der Waals surface area contributed by atoms with Crippen LogP contribution in [0, 0.1) is 17.3 Å². The lowest BCUT2D eigenvalue weighted by Crippen LogP contribution is -2.12. The minimum Gasteiger partial charge on any atom is -0.0925 e. The van der Waals surface area contributed by atoms with Gasteiger partial charge in [0.1, 0.15) is 0 Å². The summed E-state index contributed by atoms with van der Waals surface area (Å²) in [6.07, 6.45) is 4.07. The molecule has 1 atom stereocenters. The van der Waals surface area contributed by atoms with Gasteiger partial charge < -0.3 is 0 Å². The Balaban J connectivity index is 3.72. The molecule has 13 heavy (non-hydrogen) atoms. The Kier molecular flexibility index (Phi) is 6.28. The van der Waals surface area contributed by atoms with E-state index in [9.17, 15) is 0 Å². The average Bonchev–Trinajstić information content (AvgIpc) is 1.95. The van der Waals surface area contributed by atoms with Gasteiger partial charge in [0, 0.05) is 5.33 Å². The van der Waals surface area contributed by atoms with Crippen LogP contribution >= 0.6 is 15.9 Å². The van der Waals surface area contributed by atoms with E-state index in [0.29, 0.717) is 5.41 Å². The standard InChI is InChI=1S/C12H25Br/c1-10(2)8-11(9-13)6-7-12(3,4)5/h10-11H,6-9H2,1-5H3. The minimum atomic E-state index is 0.497. The van der Waals surface area contributed by atoms with Crippen molar-refractivity contribution >= 4 is 15.9 Å². The van der Waals surface area contributed by atoms with Gasteiger partial charge in [-0.05, 0) is 36.5 Å². The third-order valence-corrected chi connectivity index (χ3v) is 3.24. The Hall–Kier alpha value is 0.480. The van der Waals surface area contributed by atoms with Gasteiger partial charge in [-0.15, -0.1) is 0 Å². The number of rotatable bonds is 5. The zero-order valence-electron chi connectivity index (χ0n) is 9.86. The molecule has 0 aromatic heterocycles. The van der Waals surface area contributed by atoms with E-state index in [1.165, 1.54) is 24.6 Å². The summed E-state index contributed by atoms with van der Waals surface area (Å²) in [6, 6.07) is 0. The van der Waals surface area contributed by atoms with Crippen LogP contribution in [0.2, 0.25) is 0 Å². The van der Waals surface area contributed by atoms with Crippen molar-refractivity contribution in [3.63, 3.8) is 0 Å². The average molecular weight is 249 g/mol. The normalized spacial score (nSPS) is 15.0. The van der Waals surface area contributed by atoms with Crippen molar-refractivity contribution < 1.29 is 0 Å². The zero-order chi connectivity index (χ0) is 10.5. The second-order valence-electron chi connectivity index (χ2n) is 5.75. The van der Waals surface area contributed by atoms with E-state index in [1.54, 1.807) is 0 Å². The van der Waals surface area contributed by atoms with Gasteiger partial charge in [-0.2, -0.15) is 0 Å². The predicted octanol–water partition coefficient (Wildman–Crippen LogP) is 4.87. The van der Waals surface area contributed by atoms with Crippen LogP contribution in [0.25, 0.3) is 0 Å². The van der Waals surface area contributed by atoms with Crippen LogP contribution in [-0.4, -0.2) is 5.33 Å². The number of halogens is 1. The molecule has 0 fully saturated rings. The Morgan fingerprint density at radius 1 is 1.15 bits per heavy atom. The van der Waals surface area contributed by atoms with Crippen LogP contribution in [0.15, 0.2) is 0 Å². The van der Waals surface area contributed by atoms with E-state index in [4.69, 9.17) is 0 Å². The molecule has 0 bridgehead atoms. The SMILES string of the molecule is CC(C)CC(CBr)CCC(C)(C)C. The van der Waals surface area contributed by atoms with Crippen molar-refractivity contribution in [2.45, 2.75) is 53.9 Å². The molecule has 0 aromatic carbocycles. The van der Waals surface area contributed by atoms with Crippen molar-refractivity contribution in [1.82, 2.24) is 0 Å². The summed E-state index contributed by atoms with van der Waals surface area (Å²) in [5, 5.41) is 1.17. The molecular formula is C12H25Br. The van der Waals surface area contributed by atoms with E-state index in [2.05, 4.69) is 50.5 Å². The van der Waals surface area contributed by atoms with Gasteiger partial charge in [0.05, 0.1) is 0 Å². The Morgan fingerprint density at radius 3 is 2.00 bits per heavy atom. The molecule has 0 aromatic rings. The maximum absolute atomic E-state index is 3.61. The van der Waals surface area contributed by atoms with Crippen molar-refractivity contribution in [3.8, 4) is 0 Å². The summed E-state index contributed by atoms with van der Waals surface area (Å²) in [5.41, 5.74) is 0.497. The molecule has 0 N–H and O–H groups in total. The highest BCUT2D eigenvalue weighted by Gasteiger charge is 2.15. The highest BCUT2D eigenvalue weighted by molar-refractivity contribution is 9.09. The molecule has 1 heteroatoms. The maximum Gasteiger partial charge on any atom is 0.00597 e. The molecule has 1 unspecified atom stereocenters. The zero-order valence-corrected chi connectivity index (χ0v) is 11.4. The first kappa shape index (κ1) is 13.5. The molecule has 0 aliphatic carbocycles. The van der Waals surface area contributed by atoms with Gasteiger partial charge in [0.15, 0.2) is 0 Å². The van der Waals surface area contributed by atoms with E-state index < -0.39 is 0 Å². The molecule has 0 nitrogen and oxygen atoms in total. The monoisotopic (exact) mass is 248 g/mol. The van der Waals surface area contributed by atoms with Crippen molar-refractivity contribution in [1.29, 1.82) is 0 Å². The molecule has 0 amide bonds. The molecule has 0 rings (SSSR count). The Morgan fingerprint density at radius 2 is 1.69 bits per heavy atom. The van der Waals surface area contributed by atoms with Crippen LogP contribution in [0.3, 0.4) is 0 Å². The smallest absolute Gasteiger partial charge is 0.00597 e. The van der Waals surface area contributed by atoms with Gasteiger partial charge in [-0.25, -0.2) is 0 Å². The number of alkyl halides is 1. The van der Waals surface area contributed by atoms with Crippen molar-refractivity contribution in [2.75, 3.05) is 5.33 Å². The lowest BCUT2D eigenvalue weighted by atomic mass is 9.85. The molecule has 80 valence electrons. The minimum absolute atomic E-state index is 0.497. The first-order valence-corrected chi connectivity index (χ1v) is 6.53. The van der Waals surface area contributed by atoms with Crippen molar-refractivity contribution in [2.24, 2.45) is 17.3 Å². The van der Waals surface area contributed by atoms with Gasteiger partial charge in [-0.3, -0.25) is 0 Å².